The van der Waals surface area contributed by atoms with Crippen LogP contribution in [0.5, 0.6) is 0 Å². The summed E-state index contributed by atoms with van der Waals surface area (Å²) in [4.78, 5) is 8.73. The Bertz CT molecular complexity index is 940. The fourth-order valence-corrected chi connectivity index (χ4v) is 3.48. The Hall–Kier alpha value is -2.89. The van der Waals surface area contributed by atoms with Gasteiger partial charge in [-0.15, -0.1) is 0 Å². The second-order valence-electron chi connectivity index (χ2n) is 6.77. The first-order chi connectivity index (χ1) is 12.9. The number of anilines is 1. The van der Waals surface area contributed by atoms with Gasteiger partial charge in [0.25, 0.3) is 0 Å². The summed E-state index contributed by atoms with van der Waals surface area (Å²) in [6.07, 6.45) is -0.897. The van der Waals surface area contributed by atoms with Crippen molar-refractivity contribution in [1.29, 1.82) is 0 Å². The van der Waals surface area contributed by atoms with Gasteiger partial charge in [0.2, 0.25) is 0 Å². The van der Waals surface area contributed by atoms with E-state index in [1.54, 1.807) is 13.1 Å². The zero-order valence-electron chi connectivity index (χ0n) is 14.7. The van der Waals surface area contributed by atoms with Gasteiger partial charge in [-0.3, -0.25) is 0 Å². The normalized spacial score (nSPS) is 14.2. The van der Waals surface area contributed by atoms with Gasteiger partial charge in [-0.2, -0.15) is 13.2 Å². The summed E-state index contributed by atoms with van der Waals surface area (Å²) >= 11 is 0. The predicted octanol–water partition coefficient (Wildman–Crippen LogP) is 5.05. The second-order valence-corrected chi connectivity index (χ2v) is 6.77. The number of nitrogens with zero attached hydrogens (tertiary/aromatic N) is 2. The molecular weight excluding hydrogens is 351 g/mol. The average molecular weight is 369 g/mol. The van der Waals surface area contributed by atoms with Gasteiger partial charge < -0.3 is 5.32 Å². The van der Waals surface area contributed by atoms with Gasteiger partial charge in [0.1, 0.15) is 11.6 Å². The van der Waals surface area contributed by atoms with Gasteiger partial charge in [-0.1, -0.05) is 36.4 Å². The maximum atomic E-state index is 12.8. The average Bonchev–Trinajstić information content (AvgIpc) is 3.03. The lowest BCUT2D eigenvalue weighted by Crippen LogP contribution is -2.21. The highest BCUT2D eigenvalue weighted by atomic mass is 19.4. The van der Waals surface area contributed by atoms with Crippen molar-refractivity contribution in [2.75, 3.05) is 5.32 Å². The van der Waals surface area contributed by atoms with Crippen LogP contribution in [0.25, 0.3) is 11.1 Å². The van der Waals surface area contributed by atoms with Crippen LogP contribution in [-0.2, 0) is 19.0 Å². The van der Waals surface area contributed by atoms with Crippen LogP contribution in [0, 0.1) is 6.92 Å². The molecule has 1 aromatic heterocycles. The minimum absolute atomic E-state index is 0.199. The number of alkyl halides is 3. The van der Waals surface area contributed by atoms with Crippen molar-refractivity contribution < 1.29 is 13.2 Å². The Morgan fingerprint density at radius 2 is 1.59 bits per heavy atom. The predicted molar refractivity (Wildman–Crippen MR) is 98.5 cm³/mol. The van der Waals surface area contributed by atoms with E-state index in [1.165, 1.54) is 23.3 Å². The number of halogens is 3. The maximum Gasteiger partial charge on any atom is 0.416 e. The van der Waals surface area contributed by atoms with Crippen molar-refractivity contribution in [3.63, 3.8) is 0 Å². The van der Waals surface area contributed by atoms with Gasteiger partial charge in [-0.25, -0.2) is 9.97 Å². The molecule has 0 spiro atoms. The summed E-state index contributed by atoms with van der Waals surface area (Å²) in [5, 5.41) is 3.47. The maximum absolute atomic E-state index is 12.8. The summed E-state index contributed by atoms with van der Waals surface area (Å²) < 4.78 is 38.5. The molecule has 0 unspecified atom stereocenters. The summed E-state index contributed by atoms with van der Waals surface area (Å²) in [5.41, 5.74) is 3.32. The number of fused-ring (bicyclic) bond motifs is 1. The standard InChI is InChI=1S/C21H18F3N3/c1-13-25-12-19(14-6-8-17(9-7-14)21(22,23)24)20(26-13)27-18-10-15-4-2-3-5-16(15)11-18/h2-9,12,18H,10-11H2,1H3,(H,25,26,27). The zero-order valence-corrected chi connectivity index (χ0v) is 14.7. The first-order valence-electron chi connectivity index (χ1n) is 8.75. The summed E-state index contributed by atoms with van der Waals surface area (Å²) in [6.45, 7) is 1.80. The molecule has 3 aromatic rings. The molecule has 0 amide bonds. The first-order valence-corrected chi connectivity index (χ1v) is 8.75. The zero-order chi connectivity index (χ0) is 19.0. The van der Waals surface area contributed by atoms with Gasteiger partial charge in [0.15, 0.2) is 0 Å². The van der Waals surface area contributed by atoms with Crippen LogP contribution in [0.2, 0.25) is 0 Å². The van der Waals surface area contributed by atoms with E-state index in [0.717, 1.165) is 25.0 Å². The fraction of sp³-hybridized carbons (Fsp3) is 0.238. The molecule has 0 aliphatic heterocycles. The molecule has 1 aliphatic carbocycles. The molecule has 3 nitrogen and oxygen atoms in total. The van der Waals surface area contributed by atoms with E-state index >= 15 is 0 Å². The Morgan fingerprint density at radius 1 is 0.963 bits per heavy atom. The monoisotopic (exact) mass is 369 g/mol. The number of hydrogen-bond donors (Lipinski definition) is 1. The highest BCUT2D eigenvalue weighted by molar-refractivity contribution is 5.75. The summed E-state index contributed by atoms with van der Waals surface area (Å²) in [6, 6.07) is 13.6. The molecule has 1 N–H and O–H groups in total. The van der Waals surface area contributed by atoms with Gasteiger partial charge >= 0.3 is 6.18 Å². The highest BCUT2D eigenvalue weighted by Crippen LogP contribution is 2.33. The van der Waals surface area contributed by atoms with Crippen molar-refractivity contribution in [3.8, 4) is 11.1 Å². The number of aryl methyl sites for hydroxylation is 1. The fourth-order valence-electron chi connectivity index (χ4n) is 3.48. The van der Waals surface area contributed by atoms with Crippen molar-refractivity contribution in [3.05, 3.63) is 77.2 Å². The van der Waals surface area contributed by atoms with Crippen LogP contribution >= 0.6 is 0 Å². The number of benzene rings is 2. The Kier molecular flexibility index (Phi) is 4.34. The van der Waals surface area contributed by atoms with E-state index in [9.17, 15) is 13.2 Å². The number of aromatic nitrogens is 2. The molecule has 0 saturated heterocycles. The molecule has 0 atom stereocenters. The van der Waals surface area contributed by atoms with Crippen LogP contribution in [0.1, 0.15) is 22.5 Å². The van der Waals surface area contributed by atoms with Crippen LogP contribution in [-0.4, -0.2) is 16.0 Å². The second kappa shape index (κ2) is 6.68. The van der Waals surface area contributed by atoms with E-state index < -0.39 is 11.7 Å². The number of nitrogens with one attached hydrogen (secondary N) is 1. The SMILES string of the molecule is Cc1ncc(-c2ccc(C(F)(F)F)cc2)c(NC2Cc3ccccc3C2)n1. The van der Waals surface area contributed by atoms with Gasteiger partial charge in [0.05, 0.1) is 5.56 Å². The quantitative estimate of drug-likeness (QED) is 0.702. The first kappa shape index (κ1) is 17.5. The van der Waals surface area contributed by atoms with E-state index in [2.05, 4.69) is 27.4 Å². The molecular formula is C21H18F3N3. The minimum Gasteiger partial charge on any atom is -0.366 e. The van der Waals surface area contributed by atoms with Crippen molar-refractivity contribution >= 4 is 5.82 Å². The van der Waals surface area contributed by atoms with Crippen molar-refractivity contribution in [1.82, 2.24) is 9.97 Å². The number of rotatable bonds is 3. The van der Waals surface area contributed by atoms with Crippen molar-refractivity contribution in [2.24, 2.45) is 0 Å². The molecule has 0 bridgehead atoms. The van der Waals surface area contributed by atoms with E-state index in [1.807, 2.05) is 12.1 Å². The molecule has 138 valence electrons. The molecule has 1 heterocycles. The molecule has 6 heteroatoms. The molecule has 2 aromatic carbocycles. The molecule has 27 heavy (non-hydrogen) atoms. The topological polar surface area (TPSA) is 37.8 Å². The van der Waals surface area contributed by atoms with Crippen molar-refractivity contribution in [2.45, 2.75) is 32.0 Å². The highest BCUT2D eigenvalue weighted by Gasteiger charge is 2.30. The van der Waals surface area contributed by atoms with Crippen LogP contribution in [0.15, 0.2) is 54.7 Å². The Labute approximate surface area is 155 Å². The smallest absolute Gasteiger partial charge is 0.366 e. The third-order valence-electron chi connectivity index (χ3n) is 4.82. The lowest BCUT2D eigenvalue weighted by atomic mass is 10.0. The van der Waals surface area contributed by atoms with Crippen LogP contribution < -0.4 is 5.32 Å². The van der Waals surface area contributed by atoms with Crippen LogP contribution in [0.3, 0.4) is 0 Å². The lowest BCUT2D eigenvalue weighted by molar-refractivity contribution is -0.137. The minimum atomic E-state index is -4.35. The van der Waals surface area contributed by atoms with E-state index in [-0.39, 0.29) is 6.04 Å². The van der Waals surface area contributed by atoms with Gasteiger partial charge in [0, 0.05) is 17.8 Å². The van der Waals surface area contributed by atoms with E-state index in [0.29, 0.717) is 22.8 Å². The Balaban J connectivity index is 1.62. The van der Waals surface area contributed by atoms with E-state index in [4.69, 9.17) is 0 Å². The van der Waals surface area contributed by atoms with Gasteiger partial charge in [-0.05, 0) is 48.6 Å². The largest absolute Gasteiger partial charge is 0.416 e. The summed E-state index contributed by atoms with van der Waals surface area (Å²) in [7, 11) is 0. The molecule has 0 saturated carbocycles. The Morgan fingerprint density at radius 3 is 2.19 bits per heavy atom. The summed E-state index contributed by atoms with van der Waals surface area (Å²) in [5.74, 6) is 1.27. The lowest BCUT2D eigenvalue weighted by Gasteiger charge is -2.17. The molecule has 4 rings (SSSR count). The number of hydrogen-bond acceptors (Lipinski definition) is 3. The molecule has 0 fully saturated rings. The molecule has 0 radical (unpaired) electrons. The third-order valence-corrected chi connectivity index (χ3v) is 4.82. The van der Waals surface area contributed by atoms with Crippen LogP contribution in [0.4, 0.5) is 19.0 Å². The third kappa shape index (κ3) is 3.65. The molecule has 1 aliphatic rings.